The average molecular weight is 282 g/mol. The first-order valence-corrected chi connectivity index (χ1v) is 7.08. The highest BCUT2D eigenvalue weighted by atomic mass is 16.5. The summed E-state index contributed by atoms with van der Waals surface area (Å²) < 4.78 is 9.90. The van der Waals surface area contributed by atoms with Gasteiger partial charge in [-0.05, 0) is 24.7 Å². The largest absolute Gasteiger partial charge is 0.396 e. The molecule has 1 aliphatic rings. The number of carbonyl (C=O) groups excluding carboxylic acids is 1. The topological polar surface area (TPSA) is 84.6 Å². The summed E-state index contributed by atoms with van der Waals surface area (Å²) in [4.78, 5) is 12.0. The van der Waals surface area contributed by atoms with Gasteiger partial charge in [0.2, 0.25) is 0 Å². The molecule has 1 aromatic heterocycles. The van der Waals surface area contributed by atoms with Crippen molar-refractivity contribution in [1.29, 1.82) is 0 Å². The number of rotatable bonds is 6. The molecular weight excluding hydrogens is 260 g/mol. The van der Waals surface area contributed by atoms with Gasteiger partial charge in [0.25, 0.3) is 5.91 Å². The third kappa shape index (κ3) is 3.80. The molecule has 0 saturated heterocycles. The Morgan fingerprint density at radius 2 is 2.25 bits per heavy atom. The molecule has 1 aliphatic carbocycles. The first-order chi connectivity index (χ1) is 9.74. The minimum Gasteiger partial charge on any atom is -0.396 e. The number of amides is 1. The number of aliphatic hydroxyl groups excluding tert-OH is 1. The second kappa shape index (κ2) is 7.40. The Morgan fingerprint density at radius 3 is 2.95 bits per heavy atom. The quantitative estimate of drug-likeness (QED) is 0.822. The second-order valence-corrected chi connectivity index (χ2v) is 5.31. The van der Waals surface area contributed by atoms with Crippen LogP contribution >= 0.6 is 0 Å². The van der Waals surface area contributed by atoms with Gasteiger partial charge in [0.1, 0.15) is 6.61 Å². The lowest BCUT2D eigenvalue weighted by Crippen LogP contribution is -2.35. The number of nitrogens with one attached hydrogen (secondary N) is 1. The highest BCUT2D eigenvalue weighted by Crippen LogP contribution is 2.29. The van der Waals surface area contributed by atoms with Gasteiger partial charge in [0, 0.05) is 26.3 Å². The van der Waals surface area contributed by atoms with Gasteiger partial charge in [-0.1, -0.05) is 18.0 Å². The molecule has 1 saturated carbocycles. The average Bonchev–Trinajstić information content (AvgIpc) is 2.94. The molecule has 112 valence electrons. The molecule has 0 bridgehead atoms. The number of aliphatic hydroxyl groups is 1. The zero-order chi connectivity index (χ0) is 14.4. The van der Waals surface area contributed by atoms with Crippen LogP contribution < -0.4 is 5.32 Å². The van der Waals surface area contributed by atoms with Gasteiger partial charge in [-0.15, -0.1) is 0 Å². The first kappa shape index (κ1) is 15.0. The fourth-order valence-corrected chi connectivity index (χ4v) is 2.74. The Labute approximate surface area is 118 Å². The Morgan fingerprint density at radius 1 is 1.50 bits per heavy atom. The molecule has 1 aromatic rings. The molecule has 6 heteroatoms. The van der Waals surface area contributed by atoms with Crippen molar-refractivity contribution in [3.05, 3.63) is 17.5 Å². The number of ether oxygens (including phenoxy) is 1. The second-order valence-electron chi connectivity index (χ2n) is 5.31. The Balaban J connectivity index is 1.84. The zero-order valence-corrected chi connectivity index (χ0v) is 11.8. The molecule has 2 atom stereocenters. The summed E-state index contributed by atoms with van der Waals surface area (Å²) in [5, 5.41) is 15.9. The van der Waals surface area contributed by atoms with E-state index in [2.05, 4.69) is 10.5 Å². The normalized spacial score (nSPS) is 22.7. The van der Waals surface area contributed by atoms with Gasteiger partial charge in [-0.3, -0.25) is 4.79 Å². The fraction of sp³-hybridized carbons (Fsp3) is 0.714. The lowest BCUT2D eigenvalue weighted by molar-refractivity contribution is 0.0900. The molecule has 0 radical (unpaired) electrons. The minimum absolute atomic E-state index is 0.197. The molecule has 0 aromatic carbocycles. The number of carbonyl (C=O) groups is 1. The number of hydrogen-bond donors (Lipinski definition) is 2. The maximum absolute atomic E-state index is 12.0. The molecule has 20 heavy (non-hydrogen) atoms. The van der Waals surface area contributed by atoms with Gasteiger partial charge in [0.15, 0.2) is 11.5 Å². The van der Waals surface area contributed by atoms with Crippen molar-refractivity contribution in [3.8, 4) is 0 Å². The van der Waals surface area contributed by atoms with Crippen molar-refractivity contribution < 1.29 is 19.2 Å². The minimum atomic E-state index is -0.238. The summed E-state index contributed by atoms with van der Waals surface area (Å²) in [5.41, 5.74) is 0.272. The van der Waals surface area contributed by atoms with Crippen molar-refractivity contribution in [2.75, 3.05) is 20.3 Å². The molecule has 1 fully saturated rings. The third-order valence-corrected chi connectivity index (χ3v) is 3.90. The molecule has 2 N–H and O–H groups in total. The van der Waals surface area contributed by atoms with E-state index in [0.717, 1.165) is 12.8 Å². The predicted octanol–water partition coefficient (Wildman–Crippen LogP) is 1.35. The predicted molar refractivity (Wildman–Crippen MR) is 72.1 cm³/mol. The van der Waals surface area contributed by atoms with E-state index in [0.29, 0.717) is 30.7 Å². The SMILES string of the molecule is COCc1cc(C(=O)NCC2CCCCC2CO)no1. The summed E-state index contributed by atoms with van der Waals surface area (Å²) in [5.74, 6) is 0.940. The molecule has 6 nitrogen and oxygen atoms in total. The number of nitrogens with zero attached hydrogens (tertiary/aromatic N) is 1. The smallest absolute Gasteiger partial charge is 0.273 e. The van der Waals surface area contributed by atoms with Crippen molar-refractivity contribution in [3.63, 3.8) is 0 Å². The van der Waals surface area contributed by atoms with Gasteiger partial charge >= 0.3 is 0 Å². The number of methoxy groups -OCH3 is 1. The number of hydrogen-bond acceptors (Lipinski definition) is 5. The van der Waals surface area contributed by atoms with E-state index in [4.69, 9.17) is 9.26 Å². The van der Waals surface area contributed by atoms with Crippen LogP contribution in [0.15, 0.2) is 10.6 Å². The molecule has 0 aliphatic heterocycles. The molecule has 1 amide bonds. The standard InChI is InChI=1S/C14H22N2O4/c1-19-9-12-6-13(16-20-12)14(18)15-7-10-4-2-3-5-11(10)8-17/h6,10-11,17H,2-5,7-9H2,1H3,(H,15,18). The summed E-state index contributed by atoms with van der Waals surface area (Å²) in [6, 6.07) is 1.59. The van der Waals surface area contributed by atoms with Crippen LogP contribution in [0.5, 0.6) is 0 Å². The number of aromatic nitrogens is 1. The lowest BCUT2D eigenvalue weighted by atomic mass is 9.79. The fourth-order valence-electron chi connectivity index (χ4n) is 2.74. The van der Waals surface area contributed by atoms with Gasteiger partial charge in [-0.25, -0.2) is 0 Å². The first-order valence-electron chi connectivity index (χ1n) is 7.08. The van der Waals surface area contributed by atoms with Crippen molar-refractivity contribution >= 4 is 5.91 Å². The van der Waals surface area contributed by atoms with Crippen molar-refractivity contribution in [2.45, 2.75) is 32.3 Å². The maximum Gasteiger partial charge on any atom is 0.273 e. The summed E-state index contributed by atoms with van der Waals surface area (Å²) in [6.07, 6.45) is 4.43. The van der Waals surface area contributed by atoms with E-state index in [-0.39, 0.29) is 18.2 Å². The summed E-state index contributed by atoms with van der Waals surface area (Å²) in [7, 11) is 1.56. The van der Waals surface area contributed by atoms with Crippen LogP contribution in [0, 0.1) is 11.8 Å². The van der Waals surface area contributed by atoms with Crippen LogP contribution in [0.4, 0.5) is 0 Å². The molecule has 2 unspecified atom stereocenters. The van der Waals surface area contributed by atoms with E-state index in [1.54, 1.807) is 13.2 Å². The van der Waals surface area contributed by atoms with Crippen molar-refractivity contribution in [2.24, 2.45) is 11.8 Å². The van der Waals surface area contributed by atoms with E-state index >= 15 is 0 Å². The van der Waals surface area contributed by atoms with Gasteiger partial charge < -0.3 is 19.7 Å². The van der Waals surface area contributed by atoms with Crippen LogP contribution in [-0.2, 0) is 11.3 Å². The highest BCUT2D eigenvalue weighted by Gasteiger charge is 2.25. The Bertz CT molecular complexity index is 433. The summed E-state index contributed by atoms with van der Waals surface area (Å²) >= 11 is 0. The van der Waals surface area contributed by atoms with Crippen molar-refractivity contribution in [1.82, 2.24) is 10.5 Å². The van der Waals surface area contributed by atoms with E-state index in [1.165, 1.54) is 12.8 Å². The molecule has 2 rings (SSSR count). The van der Waals surface area contributed by atoms with Gasteiger partial charge in [-0.2, -0.15) is 0 Å². The van der Waals surface area contributed by atoms with Gasteiger partial charge in [0.05, 0.1) is 0 Å². The van der Waals surface area contributed by atoms with E-state index in [9.17, 15) is 9.90 Å². The highest BCUT2D eigenvalue weighted by molar-refractivity contribution is 5.92. The van der Waals surface area contributed by atoms with E-state index < -0.39 is 0 Å². The molecule has 0 spiro atoms. The molecule has 1 heterocycles. The third-order valence-electron chi connectivity index (χ3n) is 3.90. The monoisotopic (exact) mass is 282 g/mol. The maximum atomic E-state index is 12.0. The lowest BCUT2D eigenvalue weighted by Gasteiger charge is -2.30. The zero-order valence-electron chi connectivity index (χ0n) is 11.8. The Hall–Kier alpha value is -1.40. The van der Waals surface area contributed by atoms with Crippen LogP contribution in [0.3, 0.4) is 0 Å². The van der Waals surface area contributed by atoms with Crippen LogP contribution in [0.2, 0.25) is 0 Å². The Kier molecular flexibility index (Phi) is 5.55. The van der Waals surface area contributed by atoms with Crippen LogP contribution in [0.25, 0.3) is 0 Å². The molecular formula is C14H22N2O4. The summed E-state index contributed by atoms with van der Waals surface area (Å²) in [6.45, 7) is 1.08. The van der Waals surface area contributed by atoms with Crippen LogP contribution in [0.1, 0.15) is 41.9 Å². The van der Waals surface area contributed by atoms with Crippen LogP contribution in [-0.4, -0.2) is 36.4 Å². The van der Waals surface area contributed by atoms with E-state index in [1.807, 2.05) is 0 Å².